The molecule has 0 saturated carbocycles. The number of benzene rings is 1. The van der Waals surface area contributed by atoms with E-state index in [4.69, 9.17) is 0 Å². The van der Waals surface area contributed by atoms with Crippen LogP contribution in [0.2, 0.25) is 0 Å². The fourth-order valence-electron chi connectivity index (χ4n) is 2.93. The normalized spacial score (nSPS) is 27.2. The van der Waals surface area contributed by atoms with Crippen molar-refractivity contribution >= 4 is 17.7 Å². The smallest absolute Gasteiger partial charge is 0.238 e. The Morgan fingerprint density at radius 2 is 2.26 bits per heavy atom. The molecule has 0 radical (unpaired) electrons. The van der Waals surface area contributed by atoms with Gasteiger partial charge in [0.15, 0.2) is 0 Å². The van der Waals surface area contributed by atoms with Gasteiger partial charge in [-0.2, -0.15) is 11.8 Å². The summed E-state index contributed by atoms with van der Waals surface area (Å²) in [5, 5.41) is 3.98. The molecule has 1 amide bonds. The Kier molecular flexibility index (Phi) is 3.80. The second-order valence-corrected chi connectivity index (χ2v) is 6.73. The Bertz CT molecular complexity index is 471. The fourth-order valence-corrected chi connectivity index (χ4v) is 4.19. The summed E-state index contributed by atoms with van der Waals surface area (Å²) in [7, 11) is 0. The van der Waals surface area contributed by atoms with Crippen LogP contribution in [0.15, 0.2) is 24.3 Å². The number of carbonyl (C=O) groups excluding carboxylic acids is 1. The van der Waals surface area contributed by atoms with Crippen molar-refractivity contribution in [3.8, 4) is 0 Å². The summed E-state index contributed by atoms with van der Waals surface area (Å²) < 4.78 is 0. The summed E-state index contributed by atoms with van der Waals surface area (Å²) in [6.45, 7) is 3.47. The SMILES string of the molecule is Cc1ccccc1C1NCC(=O)N1CC1CCCS1. The Hall–Kier alpha value is -1.00. The first-order valence-corrected chi connectivity index (χ1v) is 8.00. The van der Waals surface area contributed by atoms with Gasteiger partial charge in [0.1, 0.15) is 6.17 Å². The zero-order valence-corrected chi connectivity index (χ0v) is 12.1. The maximum absolute atomic E-state index is 12.1. The second kappa shape index (κ2) is 5.55. The Labute approximate surface area is 118 Å². The minimum Gasteiger partial charge on any atom is -0.321 e. The van der Waals surface area contributed by atoms with Crippen molar-refractivity contribution < 1.29 is 4.79 Å². The van der Waals surface area contributed by atoms with E-state index < -0.39 is 0 Å². The number of hydrogen-bond donors (Lipinski definition) is 1. The molecule has 0 bridgehead atoms. The molecule has 0 spiro atoms. The lowest BCUT2D eigenvalue weighted by atomic mass is 10.1. The Balaban J connectivity index is 1.79. The third-order valence-corrected chi connectivity index (χ3v) is 5.37. The van der Waals surface area contributed by atoms with Gasteiger partial charge in [-0.05, 0) is 36.6 Å². The van der Waals surface area contributed by atoms with Crippen LogP contribution in [-0.2, 0) is 4.79 Å². The predicted octanol–water partition coefficient (Wildman–Crippen LogP) is 2.32. The van der Waals surface area contributed by atoms with Gasteiger partial charge >= 0.3 is 0 Å². The highest BCUT2D eigenvalue weighted by atomic mass is 32.2. The van der Waals surface area contributed by atoms with Gasteiger partial charge in [0.25, 0.3) is 0 Å². The van der Waals surface area contributed by atoms with E-state index in [1.54, 1.807) is 0 Å². The summed E-state index contributed by atoms with van der Waals surface area (Å²) in [5.74, 6) is 1.48. The number of hydrogen-bond acceptors (Lipinski definition) is 3. The van der Waals surface area contributed by atoms with E-state index >= 15 is 0 Å². The van der Waals surface area contributed by atoms with Gasteiger partial charge in [0, 0.05) is 11.8 Å². The summed E-state index contributed by atoms with van der Waals surface area (Å²) in [6.07, 6.45) is 2.60. The number of amides is 1. The second-order valence-electron chi connectivity index (χ2n) is 5.32. The van der Waals surface area contributed by atoms with Crippen molar-refractivity contribution in [2.24, 2.45) is 0 Å². The van der Waals surface area contributed by atoms with Crippen molar-refractivity contribution in [1.82, 2.24) is 10.2 Å². The Morgan fingerprint density at radius 3 is 3.00 bits per heavy atom. The van der Waals surface area contributed by atoms with Crippen molar-refractivity contribution in [2.75, 3.05) is 18.8 Å². The highest BCUT2D eigenvalue weighted by molar-refractivity contribution is 8.00. The lowest BCUT2D eigenvalue weighted by molar-refractivity contribution is -0.128. The molecule has 2 aliphatic heterocycles. The minimum atomic E-state index is 0.0647. The van der Waals surface area contributed by atoms with Crippen molar-refractivity contribution in [1.29, 1.82) is 0 Å². The molecule has 2 saturated heterocycles. The van der Waals surface area contributed by atoms with E-state index in [2.05, 4.69) is 30.4 Å². The van der Waals surface area contributed by atoms with Gasteiger partial charge in [-0.3, -0.25) is 10.1 Å². The van der Waals surface area contributed by atoms with Crippen LogP contribution in [-0.4, -0.2) is 34.9 Å². The number of nitrogens with zero attached hydrogens (tertiary/aromatic N) is 1. The average Bonchev–Trinajstić information content (AvgIpc) is 3.03. The van der Waals surface area contributed by atoms with E-state index in [1.807, 2.05) is 22.7 Å². The van der Waals surface area contributed by atoms with E-state index in [1.165, 1.54) is 29.7 Å². The first-order chi connectivity index (χ1) is 9.25. The molecule has 102 valence electrons. The zero-order valence-electron chi connectivity index (χ0n) is 11.3. The highest BCUT2D eigenvalue weighted by Gasteiger charge is 2.34. The molecule has 3 nitrogen and oxygen atoms in total. The van der Waals surface area contributed by atoms with Crippen LogP contribution in [0.25, 0.3) is 0 Å². The van der Waals surface area contributed by atoms with Gasteiger partial charge in [-0.15, -0.1) is 0 Å². The minimum absolute atomic E-state index is 0.0647. The van der Waals surface area contributed by atoms with Crippen LogP contribution in [0.5, 0.6) is 0 Å². The molecule has 0 aromatic heterocycles. The molecule has 0 aliphatic carbocycles. The topological polar surface area (TPSA) is 32.3 Å². The quantitative estimate of drug-likeness (QED) is 0.919. The van der Waals surface area contributed by atoms with Crippen LogP contribution in [0.3, 0.4) is 0 Å². The zero-order chi connectivity index (χ0) is 13.2. The molecule has 2 fully saturated rings. The summed E-state index contributed by atoms with van der Waals surface area (Å²) >= 11 is 2.01. The average molecular weight is 276 g/mol. The third kappa shape index (κ3) is 2.65. The number of aryl methyl sites for hydroxylation is 1. The molecule has 2 heterocycles. The first kappa shape index (κ1) is 13.0. The number of thioether (sulfide) groups is 1. The lowest BCUT2D eigenvalue weighted by Gasteiger charge is -2.28. The van der Waals surface area contributed by atoms with Crippen LogP contribution in [0.4, 0.5) is 0 Å². The molecule has 4 heteroatoms. The van der Waals surface area contributed by atoms with Gasteiger partial charge in [0.2, 0.25) is 5.91 Å². The van der Waals surface area contributed by atoms with Crippen molar-refractivity contribution in [3.05, 3.63) is 35.4 Å². The first-order valence-electron chi connectivity index (χ1n) is 6.95. The largest absolute Gasteiger partial charge is 0.321 e. The molecule has 1 aromatic rings. The van der Waals surface area contributed by atoms with E-state index in [0.29, 0.717) is 11.8 Å². The van der Waals surface area contributed by atoms with E-state index in [-0.39, 0.29) is 12.1 Å². The van der Waals surface area contributed by atoms with Crippen LogP contribution >= 0.6 is 11.8 Å². The standard InChI is InChI=1S/C15H20N2OS/c1-11-5-2-3-7-13(11)15-16-9-14(18)17(15)10-12-6-4-8-19-12/h2-3,5,7,12,15-16H,4,6,8-10H2,1H3. The molecule has 2 unspecified atom stereocenters. The molecular weight excluding hydrogens is 256 g/mol. The van der Waals surface area contributed by atoms with Crippen molar-refractivity contribution in [3.63, 3.8) is 0 Å². The van der Waals surface area contributed by atoms with E-state index in [0.717, 1.165) is 6.54 Å². The Morgan fingerprint density at radius 1 is 1.42 bits per heavy atom. The van der Waals surface area contributed by atoms with E-state index in [9.17, 15) is 4.79 Å². The maximum atomic E-state index is 12.1. The summed E-state index contributed by atoms with van der Waals surface area (Å²) in [4.78, 5) is 14.1. The van der Waals surface area contributed by atoms with Crippen LogP contribution < -0.4 is 5.32 Å². The highest BCUT2D eigenvalue weighted by Crippen LogP contribution is 2.31. The van der Waals surface area contributed by atoms with Crippen LogP contribution in [0.1, 0.15) is 30.1 Å². The molecule has 1 N–H and O–H groups in total. The third-order valence-electron chi connectivity index (χ3n) is 3.99. The molecular formula is C15H20N2OS. The summed E-state index contributed by atoms with van der Waals surface area (Å²) in [6, 6.07) is 8.34. The maximum Gasteiger partial charge on any atom is 0.238 e. The van der Waals surface area contributed by atoms with Crippen molar-refractivity contribution in [2.45, 2.75) is 31.2 Å². The molecule has 2 aliphatic rings. The molecule has 1 aromatic carbocycles. The van der Waals surface area contributed by atoms with Gasteiger partial charge in [-0.1, -0.05) is 24.3 Å². The predicted molar refractivity (Wildman–Crippen MR) is 79.1 cm³/mol. The van der Waals surface area contributed by atoms with Crippen LogP contribution in [0, 0.1) is 6.92 Å². The van der Waals surface area contributed by atoms with Gasteiger partial charge in [-0.25, -0.2) is 0 Å². The van der Waals surface area contributed by atoms with Gasteiger partial charge < -0.3 is 4.90 Å². The molecule has 3 rings (SSSR count). The fraction of sp³-hybridized carbons (Fsp3) is 0.533. The molecule has 19 heavy (non-hydrogen) atoms. The monoisotopic (exact) mass is 276 g/mol. The number of carbonyl (C=O) groups is 1. The number of nitrogens with one attached hydrogen (secondary N) is 1. The number of rotatable bonds is 3. The molecule has 2 atom stereocenters. The summed E-state index contributed by atoms with van der Waals surface area (Å²) in [5.41, 5.74) is 2.48. The lowest BCUT2D eigenvalue weighted by Crippen LogP contribution is -2.35. The van der Waals surface area contributed by atoms with Gasteiger partial charge in [0.05, 0.1) is 6.54 Å².